The second-order valence-corrected chi connectivity index (χ2v) is 8.80. The van der Waals surface area contributed by atoms with E-state index in [0.717, 1.165) is 12.1 Å². The number of carbonyl (C=O) groups excluding carboxylic acids is 3. The number of carbonyl (C=O) groups is 3. The zero-order chi connectivity index (χ0) is 24.8. The normalized spacial score (nSPS) is 16.6. The van der Waals surface area contributed by atoms with Crippen molar-refractivity contribution in [3.8, 4) is 5.75 Å². The molecule has 1 saturated heterocycles. The standard InChI is InChI=1S/C21H30F3N5O4/c1-14(18(31)26-19(32)27-20(2,3)4)29-11-9-28(10-12-29)13-17(30)25-15-5-7-16(8-6-15)33-21(22,23)24/h5-8,14H,9-13H2,1-4H3,(H,25,30)(H2,26,27,31,32)/t14-/m0/s1. The number of amides is 4. The van der Waals surface area contributed by atoms with Gasteiger partial charge in [-0.15, -0.1) is 13.2 Å². The smallest absolute Gasteiger partial charge is 0.406 e. The Kier molecular flexibility index (Phi) is 8.67. The molecular formula is C21H30F3N5O4. The molecule has 1 heterocycles. The van der Waals surface area contributed by atoms with Gasteiger partial charge >= 0.3 is 12.4 Å². The number of nitrogens with one attached hydrogen (secondary N) is 3. The summed E-state index contributed by atoms with van der Waals surface area (Å²) in [6.07, 6.45) is -4.77. The summed E-state index contributed by atoms with van der Waals surface area (Å²) in [5, 5.41) is 7.64. The topological polar surface area (TPSA) is 103 Å². The highest BCUT2D eigenvalue weighted by atomic mass is 19.4. The van der Waals surface area contributed by atoms with E-state index in [1.807, 2.05) is 30.6 Å². The molecule has 1 atom stereocenters. The average Bonchev–Trinajstić information content (AvgIpc) is 2.67. The van der Waals surface area contributed by atoms with Gasteiger partial charge in [0.25, 0.3) is 0 Å². The van der Waals surface area contributed by atoms with Gasteiger partial charge in [0.15, 0.2) is 0 Å². The van der Waals surface area contributed by atoms with E-state index in [1.54, 1.807) is 6.92 Å². The number of anilines is 1. The largest absolute Gasteiger partial charge is 0.573 e. The van der Waals surface area contributed by atoms with Crippen LogP contribution in [0.5, 0.6) is 5.75 Å². The van der Waals surface area contributed by atoms with Gasteiger partial charge in [-0.1, -0.05) is 0 Å². The minimum atomic E-state index is -4.77. The van der Waals surface area contributed by atoms with Crippen LogP contribution in [0.1, 0.15) is 27.7 Å². The summed E-state index contributed by atoms with van der Waals surface area (Å²) in [5.74, 6) is -1.08. The number of rotatable bonds is 6. The van der Waals surface area contributed by atoms with Gasteiger partial charge in [0.05, 0.1) is 12.6 Å². The molecule has 0 spiro atoms. The van der Waals surface area contributed by atoms with Gasteiger partial charge in [-0.05, 0) is 52.0 Å². The molecule has 0 radical (unpaired) electrons. The van der Waals surface area contributed by atoms with Crippen molar-refractivity contribution in [1.29, 1.82) is 0 Å². The number of ether oxygens (including phenoxy) is 1. The molecule has 33 heavy (non-hydrogen) atoms. The minimum Gasteiger partial charge on any atom is -0.406 e. The number of imide groups is 1. The molecule has 1 aromatic rings. The van der Waals surface area contributed by atoms with Crippen LogP contribution in [0.2, 0.25) is 0 Å². The number of alkyl halides is 3. The van der Waals surface area contributed by atoms with E-state index >= 15 is 0 Å². The molecule has 0 bridgehead atoms. The Morgan fingerprint density at radius 1 is 1.03 bits per heavy atom. The van der Waals surface area contributed by atoms with Crippen LogP contribution in [-0.4, -0.2) is 78.3 Å². The van der Waals surface area contributed by atoms with E-state index in [2.05, 4.69) is 20.7 Å². The first-order valence-electron chi connectivity index (χ1n) is 10.5. The van der Waals surface area contributed by atoms with Crippen molar-refractivity contribution < 1.29 is 32.3 Å². The highest BCUT2D eigenvalue weighted by Crippen LogP contribution is 2.24. The zero-order valence-corrected chi connectivity index (χ0v) is 19.1. The van der Waals surface area contributed by atoms with Gasteiger partial charge in [-0.25, -0.2) is 4.79 Å². The number of nitrogens with zero attached hydrogens (tertiary/aromatic N) is 2. The Morgan fingerprint density at radius 3 is 2.12 bits per heavy atom. The fourth-order valence-corrected chi connectivity index (χ4v) is 3.21. The molecule has 1 aliphatic rings. The van der Waals surface area contributed by atoms with Gasteiger partial charge in [0.1, 0.15) is 5.75 Å². The minimum absolute atomic E-state index is 0.100. The first-order chi connectivity index (χ1) is 15.2. The van der Waals surface area contributed by atoms with Crippen LogP contribution < -0.4 is 20.7 Å². The quantitative estimate of drug-likeness (QED) is 0.585. The van der Waals surface area contributed by atoms with Crippen LogP contribution in [0.25, 0.3) is 0 Å². The summed E-state index contributed by atoms with van der Waals surface area (Å²) in [4.78, 5) is 40.3. The van der Waals surface area contributed by atoms with Gasteiger partial charge < -0.3 is 15.4 Å². The number of hydrogen-bond acceptors (Lipinski definition) is 6. The highest BCUT2D eigenvalue weighted by Gasteiger charge is 2.31. The van der Waals surface area contributed by atoms with Crippen molar-refractivity contribution in [2.75, 3.05) is 38.0 Å². The summed E-state index contributed by atoms with van der Waals surface area (Å²) in [6.45, 7) is 9.40. The number of halogens is 3. The number of benzene rings is 1. The van der Waals surface area contributed by atoms with E-state index in [4.69, 9.17) is 0 Å². The fourth-order valence-electron chi connectivity index (χ4n) is 3.21. The molecule has 0 saturated carbocycles. The van der Waals surface area contributed by atoms with Crippen molar-refractivity contribution in [3.05, 3.63) is 24.3 Å². The van der Waals surface area contributed by atoms with Crippen molar-refractivity contribution in [2.45, 2.75) is 45.6 Å². The first-order valence-corrected chi connectivity index (χ1v) is 10.5. The second kappa shape index (κ2) is 10.8. The molecule has 4 amide bonds. The third-order valence-electron chi connectivity index (χ3n) is 4.80. The number of piperazine rings is 1. The Hall–Kier alpha value is -2.86. The van der Waals surface area contributed by atoms with Crippen molar-refractivity contribution in [2.24, 2.45) is 0 Å². The van der Waals surface area contributed by atoms with Crippen LogP contribution in [0, 0.1) is 0 Å². The summed E-state index contributed by atoms with van der Waals surface area (Å²) in [5.41, 5.74) is -0.106. The number of urea groups is 1. The molecule has 0 aromatic heterocycles. The van der Waals surface area contributed by atoms with E-state index < -0.39 is 29.9 Å². The second-order valence-electron chi connectivity index (χ2n) is 8.80. The lowest BCUT2D eigenvalue weighted by molar-refractivity contribution is -0.274. The number of hydrogen-bond donors (Lipinski definition) is 3. The lowest BCUT2D eigenvalue weighted by atomic mass is 10.1. The van der Waals surface area contributed by atoms with E-state index in [9.17, 15) is 27.6 Å². The van der Waals surface area contributed by atoms with Crippen LogP contribution in [-0.2, 0) is 9.59 Å². The SMILES string of the molecule is C[C@@H](C(=O)NC(=O)NC(C)(C)C)N1CCN(CC(=O)Nc2ccc(OC(F)(F)F)cc2)CC1. The van der Waals surface area contributed by atoms with Crippen LogP contribution in [0.4, 0.5) is 23.7 Å². The molecule has 9 nitrogen and oxygen atoms in total. The summed E-state index contributed by atoms with van der Waals surface area (Å²) in [6, 6.07) is 3.84. The van der Waals surface area contributed by atoms with E-state index in [0.29, 0.717) is 31.9 Å². The zero-order valence-electron chi connectivity index (χ0n) is 19.1. The van der Waals surface area contributed by atoms with Gasteiger partial charge in [-0.2, -0.15) is 0 Å². The predicted molar refractivity (Wildman–Crippen MR) is 116 cm³/mol. The Morgan fingerprint density at radius 2 is 1.61 bits per heavy atom. The molecule has 12 heteroatoms. The molecule has 3 N–H and O–H groups in total. The Labute approximate surface area is 190 Å². The average molecular weight is 473 g/mol. The third-order valence-corrected chi connectivity index (χ3v) is 4.80. The Balaban J connectivity index is 1.75. The molecule has 1 fully saturated rings. The van der Waals surface area contributed by atoms with Gasteiger partial charge in [0.2, 0.25) is 11.8 Å². The van der Waals surface area contributed by atoms with Crippen molar-refractivity contribution in [1.82, 2.24) is 20.4 Å². The molecule has 2 rings (SSSR count). The maximum atomic E-state index is 12.3. The monoisotopic (exact) mass is 473 g/mol. The van der Waals surface area contributed by atoms with E-state index in [-0.39, 0.29) is 18.2 Å². The molecule has 184 valence electrons. The molecule has 1 aliphatic heterocycles. The molecular weight excluding hydrogens is 443 g/mol. The maximum absolute atomic E-state index is 12.3. The van der Waals surface area contributed by atoms with E-state index in [1.165, 1.54) is 12.1 Å². The van der Waals surface area contributed by atoms with Gasteiger partial charge in [-0.3, -0.25) is 24.7 Å². The lowest BCUT2D eigenvalue weighted by Gasteiger charge is -2.37. The van der Waals surface area contributed by atoms with Gasteiger partial charge in [0, 0.05) is 37.4 Å². The van der Waals surface area contributed by atoms with Crippen LogP contribution >= 0.6 is 0 Å². The van der Waals surface area contributed by atoms with Crippen LogP contribution in [0.3, 0.4) is 0 Å². The molecule has 0 aliphatic carbocycles. The fraction of sp³-hybridized carbons (Fsp3) is 0.571. The van der Waals surface area contributed by atoms with Crippen LogP contribution in [0.15, 0.2) is 24.3 Å². The first kappa shape index (κ1) is 26.4. The molecule has 0 unspecified atom stereocenters. The van der Waals surface area contributed by atoms with Crippen molar-refractivity contribution in [3.63, 3.8) is 0 Å². The summed E-state index contributed by atoms with van der Waals surface area (Å²) in [7, 11) is 0. The van der Waals surface area contributed by atoms with Crippen molar-refractivity contribution >= 4 is 23.5 Å². The highest BCUT2D eigenvalue weighted by molar-refractivity contribution is 5.97. The molecule has 1 aromatic carbocycles. The maximum Gasteiger partial charge on any atom is 0.573 e. The Bertz CT molecular complexity index is 832. The lowest BCUT2D eigenvalue weighted by Crippen LogP contribution is -2.57. The summed E-state index contributed by atoms with van der Waals surface area (Å²) < 4.78 is 40.4. The summed E-state index contributed by atoms with van der Waals surface area (Å²) >= 11 is 0. The predicted octanol–water partition coefficient (Wildman–Crippen LogP) is 2.15. The third kappa shape index (κ3) is 9.66.